The molecule has 9 nitrogen and oxygen atoms in total. The molecule has 2 heterocycles. The number of ether oxygens (including phenoxy) is 1. The van der Waals surface area contributed by atoms with Crippen LogP contribution in [0.2, 0.25) is 0 Å². The number of thioether (sulfide) groups is 1. The first-order valence-corrected chi connectivity index (χ1v) is 13.8. The van der Waals surface area contributed by atoms with Crippen LogP contribution in [-0.2, 0) is 4.74 Å². The van der Waals surface area contributed by atoms with Crippen LogP contribution in [0.25, 0.3) is 0 Å². The Morgan fingerprint density at radius 1 is 1.28 bits per heavy atom. The zero-order chi connectivity index (χ0) is 25.3. The number of likely N-dealkylation sites (N-methyl/N-ethyl adjacent to an activating group) is 1. The highest BCUT2D eigenvalue weighted by molar-refractivity contribution is 9.09. The van der Waals surface area contributed by atoms with E-state index in [1.165, 1.54) is 5.57 Å². The second kappa shape index (κ2) is 13.0. The minimum atomic E-state index is 0.124. The molecule has 2 atom stereocenters. The molecule has 0 aromatic carbocycles. The van der Waals surface area contributed by atoms with Gasteiger partial charge < -0.3 is 19.9 Å². The van der Waals surface area contributed by atoms with Crippen LogP contribution in [0.15, 0.2) is 45.6 Å². The van der Waals surface area contributed by atoms with Gasteiger partial charge in [0, 0.05) is 45.9 Å². The number of aliphatic imine (C=N–C) groups is 2. The Hall–Kier alpha value is -2.68. The second-order valence-corrected chi connectivity index (χ2v) is 10.7. The first-order valence-electron chi connectivity index (χ1n) is 11.9. The fourth-order valence-electron chi connectivity index (χ4n) is 3.87. The van der Waals surface area contributed by atoms with Gasteiger partial charge in [-0.3, -0.25) is 4.99 Å². The van der Waals surface area contributed by atoms with Gasteiger partial charge in [-0.2, -0.15) is 15.0 Å². The van der Waals surface area contributed by atoms with Crippen molar-refractivity contribution in [2.75, 3.05) is 63.5 Å². The van der Waals surface area contributed by atoms with Crippen molar-refractivity contribution in [3.8, 4) is 11.8 Å². The standard InChI is InChI=1S/C25H31BrN8OS/c1-27-16-22(18-9-10-21(35-3)20(26)15-18)36-17-28-23-30-24(29-19-7-5-4-6-8-19)32-25(31-23)34-13-11-33(2)12-14-34/h5,7,9-10,16,20,22H,4,11-15,17H2,1-3H3,(H,28,30,31,32). The van der Waals surface area contributed by atoms with Crippen LogP contribution in [-0.4, -0.2) is 95.1 Å². The van der Waals surface area contributed by atoms with Crippen LogP contribution >= 0.6 is 27.7 Å². The lowest BCUT2D eigenvalue weighted by atomic mass is 10.0. The quantitative estimate of drug-likeness (QED) is 0.209. The number of alkyl halides is 1. The van der Waals surface area contributed by atoms with Gasteiger partial charge in [-0.1, -0.05) is 39.6 Å². The highest BCUT2D eigenvalue weighted by atomic mass is 79.9. The molecule has 190 valence electrons. The molecule has 1 aromatic rings. The van der Waals surface area contributed by atoms with E-state index in [0.717, 1.165) is 44.8 Å². The minimum absolute atomic E-state index is 0.124. The molecule has 1 N–H and O–H groups in total. The summed E-state index contributed by atoms with van der Waals surface area (Å²) in [7, 11) is 5.63. The minimum Gasteiger partial charge on any atom is -0.500 e. The third-order valence-corrected chi connectivity index (χ3v) is 7.76. The lowest BCUT2D eigenvalue weighted by Gasteiger charge is -2.32. The molecular weight excluding hydrogens is 540 g/mol. The average Bonchev–Trinajstić information content (AvgIpc) is 2.89. The lowest BCUT2D eigenvalue weighted by molar-refractivity contribution is 0.280. The molecule has 11 heteroatoms. The first-order chi connectivity index (χ1) is 17.6. The van der Waals surface area contributed by atoms with Crippen LogP contribution in [0.4, 0.5) is 17.8 Å². The van der Waals surface area contributed by atoms with Gasteiger partial charge in [0.15, 0.2) is 0 Å². The third kappa shape index (κ3) is 7.18. The molecular formula is C25H31BrN8OS. The van der Waals surface area contributed by atoms with Crippen LogP contribution < -0.4 is 10.2 Å². The summed E-state index contributed by atoms with van der Waals surface area (Å²) < 4.78 is 5.43. The molecule has 4 rings (SSSR count). The zero-order valence-corrected chi connectivity index (χ0v) is 23.2. The summed E-state index contributed by atoms with van der Waals surface area (Å²) in [4.78, 5) is 27.4. The number of anilines is 2. The fraction of sp³-hybridized carbons (Fsp3) is 0.480. The van der Waals surface area contributed by atoms with E-state index < -0.39 is 0 Å². The number of allylic oxidation sites excluding steroid dienone is 5. The number of methoxy groups -OCH3 is 1. The van der Waals surface area contributed by atoms with E-state index in [1.54, 1.807) is 25.9 Å². The molecule has 1 aliphatic heterocycles. The van der Waals surface area contributed by atoms with E-state index in [4.69, 9.17) is 9.72 Å². The molecule has 0 spiro atoms. The Morgan fingerprint density at radius 2 is 2.11 bits per heavy atom. The number of halogens is 1. The van der Waals surface area contributed by atoms with Crippen molar-refractivity contribution >= 4 is 57.5 Å². The lowest BCUT2D eigenvalue weighted by Crippen LogP contribution is -2.45. The van der Waals surface area contributed by atoms with Crippen LogP contribution in [0.1, 0.15) is 12.8 Å². The van der Waals surface area contributed by atoms with Crippen molar-refractivity contribution in [3.63, 3.8) is 0 Å². The number of nitrogens with zero attached hydrogens (tertiary/aromatic N) is 7. The molecule has 0 bridgehead atoms. The van der Waals surface area contributed by atoms with Crippen LogP contribution in [0.5, 0.6) is 0 Å². The number of piperazine rings is 1. The van der Waals surface area contributed by atoms with Gasteiger partial charge in [0.05, 0.1) is 23.1 Å². The predicted octanol–water partition coefficient (Wildman–Crippen LogP) is 3.45. The van der Waals surface area contributed by atoms with Crippen molar-refractivity contribution in [3.05, 3.63) is 35.6 Å². The number of hydrogen-bond acceptors (Lipinski definition) is 10. The maximum atomic E-state index is 5.43. The average molecular weight is 572 g/mol. The van der Waals surface area contributed by atoms with Gasteiger partial charge in [0.1, 0.15) is 11.5 Å². The van der Waals surface area contributed by atoms with Gasteiger partial charge in [-0.05, 0) is 31.5 Å². The van der Waals surface area contributed by atoms with E-state index in [2.05, 4.69) is 76.0 Å². The molecule has 0 amide bonds. The number of hydrogen-bond donors (Lipinski definition) is 1. The Labute approximate surface area is 225 Å². The van der Waals surface area contributed by atoms with Crippen LogP contribution in [0.3, 0.4) is 0 Å². The summed E-state index contributed by atoms with van der Waals surface area (Å²) in [6.07, 6.45) is 11.6. The monoisotopic (exact) mass is 570 g/mol. The van der Waals surface area contributed by atoms with Gasteiger partial charge in [0.2, 0.25) is 11.9 Å². The molecule has 3 aliphatic rings. The van der Waals surface area contributed by atoms with E-state index in [-0.39, 0.29) is 10.1 Å². The smallest absolute Gasteiger partial charge is 0.257 e. The molecule has 2 aliphatic carbocycles. The maximum absolute atomic E-state index is 5.43. The molecule has 1 aromatic heterocycles. The zero-order valence-electron chi connectivity index (χ0n) is 20.8. The summed E-state index contributed by atoms with van der Waals surface area (Å²) in [5.74, 6) is 9.12. The van der Waals surface area contributed by atoms with E-state index in [1.807, 2.05) is 24.4 Å². The van der Waals surface area contributed by atoms with E-state index in [0.29, 0.717) is 29.4 Å². The van der Waals surface area contributed by atoms with Crippen LogP contribution in [0, 0.1) is 11.8 Å². The van der Waals surface area contributed by atoms with E-state index >= 15 is 0 Å². The maximum Gasteiger partial charge on any atom is 0.257 e. The molecule has 1 saturated heterocycles. The topological polar surface area (TPSA) is 91.1 Å². The number of rotatable bonds is 9. The molecule has 0 radical (unpaired) electrons. The number of nitrogens with one attached hydrogen (secondary N) is 1. The van der Waals surface area contributed by atoms with Crippen molar-refractivity contribution in [2.24, 2.45) is 9.98 Å². The summed E-state index contributed by atoms with van der Waals surface area (Å²) in [5, 5.41) is 3.49. The highest BCUT2D eigenvalue weighted by Gasteiger charge is 2.23. The predicted molar refractivity (Wildman–Crippen MR) is 153 cm³/mol. The second-order valence-electron chi connectivity index (χ2n) is 8.46. The highest BCUT2D eigenvalue weighted by Crippen LogP contribution is 2.31. The summed E-state index contributed by atoms with van der Waals surface area (Å²) in [6.45, 7) is 3.64. The Kier molecular flexibility index (Phi) is 9.55. The summed E-state index contributed by atoms with van der Waals surface area (Å²) >= 11 is 5.44. The molecule has 2 unspecified atom stereocenters. The Balaban J connectivity index is 1.50. The Morgan fingerprint density at radius 3 is 2.81 bits per heavy atom. The molecule has 36 heavy (non-hydrogen) atoms. The van der Waals surface area contributed by atoms with Crippen molar-refractivity contribution in [1.29, 1.82) is 0 Å². The Bertz CT molecular complexity index is 1140. The van der Waals surface area contributed by atoms with Gasteiger partial charge in [0.25, 0.3) is 5.95 Å². The van der Waals surface area contributed by atoms with Gasteiger partial charge in [-0.25, -0.2) is 4.99 Å². The number of aromatic nitrogens is 3. The largest absolute Gasteiger partial charge is 0.500 e. The molecule has 0 saturated carbocycles. The van der Waals surface area contributed by atoms with Crippen molar-refractivity contribution in [1.82, 2.24) is 19.9 Å². The van der Waals surface area contributed by atoms with Gasteiger partial charge >= 0.3 is 0 Å². The summed E-state index contributed by atoms with van der Waals surface area (Å²) in [5.41, 5.74) is 1.94. The fourth-order valence-corrected chi connectivity index (χ4v) is 5.57. The molecule has 1 fully saturated rings. The van der Waals surface area contributed by atoms with Crippen molar-refractivity contribution in [2.45, 2.75) is 22.9 Å². The third-order valence-electron chi connectivity index (χ3n) is 5.89. The SMILES string of the molecule is CN=CC(SCNc1nc(N=C2C#CCC=C2)nc(N2CCN(C)CC2)n1)C1=CC=C(OC)C(Br)C1. The summed E-state index contributed by atoms with van der Waals surface area (Å²) in [6, 6.07) is 0. The van der Waals surface area contributed by atoms with Gasteiger partial charge in [-0.15, -0.1) is 11.8 Å². The van der Waals surface area contributed by atoms with E-state index in [9.17, 15) is 0 Å². The van der Waals surface area contributed by atoms with Crippen molar-refractivity contribution < 1.29 is 4.74 Å². The normalized spacial score (nSPS) is 22.2. The first kappa shape index (κ1) is 26.4.